The van der Waals surface area contributed by atoms with Crippen LogP contribution < -0.4 is 10.5 Å². The molecule has 0 aliphatic rings. The molecular weight excluding hydrogens is 294 g/mol. The molecule has 1 unspecified atom stereocenters. The van der Waals surface area contributed by atoms with Crippen molar-refractivity contribution in [1.29, 1.82) is 0 Å². The van der Waals surface area contributed by atoms with Gasteiger partial charge >= 0.3 is 0 Å². The van der Waals surface area contributed by atoms with Crippen molar-refractivity contribution in [2.24, 2.45) is 5.73 Å². The predicted molar refractivity (Wildman–Crippen MR) is 77.9 cm³/mol. The highest BCUT2D eigenvalue weighted by Crippen LogP contribution is 2.28. The van der Waals surface area contributed by atoms with Gasteiger partial charge in [0, 0.05) is 29.6 Å². The quantitative estimate of drug-likeness (QED) is 0.871. The maximum Gasteiger partial charge on any atom is 0.125 e. The van der Waals surface area contributed by atoms with Gasteiger partial charge in [0.05, 0.1) is 12.2 Å². The zero-order valence-corrected chi connectivity index (χ0v) is 13.1. The largest absolute Gasteiger partial charge is 0.493 e. The molecule has 0 saturated carbocycles. The maximum absolute atomic E-state index is 5.93. The average molecular weight is 316 g/mol. The molecule has 0 spiro atoms. The van der Waals surface area contributed by atoms with Crippen LogP contribution in [0.15, 0.2) is 22.7 Å². The molecule has 1 aromatic carbocycles. The molecule has 0 bridgehead atoms. The smallest absolute Gasteiger partial charge is 0.125 e. The van der Waals surface area contributed by atoms with Crippen molar-refractivity contribution in [3.8, 4) is 5.75 Å². The van der Waals surface area contributed by atoms with Crippen LogP contribution in [0.25, 0.3) is 0 Å². The Morgan fingerprint density at radius 1 is 1.39 bits per heavy atom. The lowest BCUT2D eigenvalue weighted by atomic mass is 10.1. The Morgan fingerprint density at radius 3 is 2.61 bits per heavy atom. The topological polar surface area (TPSA) is 44.5 Å². The first-order valence-electron chi connectivity index (χ1n) is 6.09. The molecule has 2 N–H and O–H groups in total. The van der Waals surface area contributed by atoms with Crippen LogP contribution in [0.2, 0.25) is 0 Å². The van der Waals surface area contributed by atoms with Gasteiger partial charge in [0.2, 0.25) is 0 Å². The van der Waals surface area contributed by atoms with E-state index < -0.39 is 0 Å². The van der Waals surface area contributed by atoms with E-state index in [1.807, 2.05) is 39.0 Å². The van der Waals surface area contributed by atoms with E-state index in [9.17, 15) is 0 Å². The molecule has 1 atom stereocenters. The summed E-state index contributed by atoms with van der Waals surface area (Å²) in [6, 6.07) is 5.89. The highest BCUT2D eigenvalue weighted by molar-refractivity contribution is 9.10. The number of rotatable bonds is 6. The minimum atomic E-state index is -0.166. The van der Waals surface area contributed by atoms with Crippen molar-refractivity contribution in [3.05, 3.63) is 28.2 Å². The van der Waals surface area contributed by atoms with Crippen molar-refractivity contribution >= 4 is 15.9 Å². The first-order valence-corrected chi connectivity index (χ1v) is 6.88. The second-order valence-corrected chi connectivity index (χ2v) is 5.95. The third-order valence-electron chi connectivity index (χ3n) is 2.98. The number of methoxy groups -OCH3 is 1. The molecule has 3 nitrogen and oxygen atoms in total. The molecule has 0 saturated heterocycles. The van der Waals surface area contributed by atoms with Crippen LogP contribution in [0.1, 0.15) is 38.8 Å². The lowest BCUT2D eigenvalue weighted by Crippen LogP contribution is -2.25. The standard InChI is InChI=1S/C14H22BrNO2/c1-10(16)12-6-5-11(15)9-13(12)18-8-7-14(2,3)17-4/h5-6,9-10H,7-8,16H2,1-4H3. The normalized spacial score (nSPS) is 13.4. The second-order valence-electron chi connectivity index (χ2n) is 5.03. The van der Waals surface area contributed by atoms with Gasteiger partial charge in [-0.05, 0) is 32.9 Å². The molecule has 1 aromatic rings. The molecule has 1 rings (SSSR count). The van der Waals surface area contributed by atoms with E-state index in [1.165, 1.54) is 0 Å². The lowest BCUT2D eigenvalue weighted by molar-refractivity contribution is 0.00536. The monoisotopic (exact) mass is 315 g/mol. The van der Waals surface area contributed by atoms with Gasteiger partial charge < -0.3 is 15.2 Å². The Bertz CT molecular complexity index is 391. The summed E-state index contributed by atoms with van der Waals surface area (Å²) in [4.78, 5) is 0. The van der Waals surface area contributed by atoms with Gasteiger partial charge in [-0.2, -0.15) is 0 Å². The fourth-order valence-corrected chi connectivity index (χ4v) is 1.86. The maximum atomic E-state index is 5.93. The third-order valence-corrected chi connectivity index (χ3v) is 3.47. The van der Waals surface area contributed by atoms with E-state index in [0.29, 0.717) is 6.61 Å². The van der Waals surface area contributed by atoms with Gasteiger partial charge in [0.15, 0.2) is 0 Å². The van der Waals surface area contributed by atoms with E-state index in [-0.39, 0.29) is 11.6 Å². The number of halogens is 1. The van der Waals surface area contributed by atoms with Crippen molar-refractivity contribution in [2.45, 2.75) is 38.8 Å². The van der Waals surface area contributed by atoms with Crippen molar-refractivity contribution < 1.29 is 9.47 Å². The summed E-state index contributed by atoms with van der Waals surface area (Å²) in [6.07, 6.45) is 0.828. The summed E-state index contributed by atoms with van der Waals surface area (Å²) < 4.78 is 12.2. The van der Waals surface area contributed by atoms with Gasteiger partial charge in [-0.15, -0.1) is 0 Å². The molecular formula is C14H22BrNO2. The lowest BCUT2D eigenvalue weighted by Gasteiger charge is -2.23. The SMILES string of the molecule is COC(C)(C)CCOc1cc(Br)ccc1C(C)N. The van der Waals surface area contributed by atoms with Crippen LogP contribution in [0.4, 0.5) is 0 Å². The zero-order valence-electron chi connectivity index (χ0n) is 11.5. The Labute approximate surface area is 118 Å². The molecule has 102 valence electrons. The molecule has 18 heavy (non-hydrogen) atoms. The number of benzene rings is 1. The number of hydrogen-bond acceptors (Lipinski definition) is 3. The molecule has 0 aromatic heterocycles. The summed E-state index contributed by atoms with van der Waals surface area (Å²) in [6.45, 7) is 6.65. The van der Waals surface area contributed by atoms with Crippen LogP contribution in [-0.2, 0) is 4.74 Å². The van der Waals surface area contributed by atoms with E-state index >= 15 is 0 Å². The van der Waals surface area contributed by atoms with Crippen molar-refractivity contribution in [1.82, 2.24) is 0 Å². The van der Waals surface area contributed by atoms with Gasteiger partial charge in [-0.3, -0.25) is 0 Å². The molecule has 0 radical (unpaired) electrons. The van der Waals surface area contributed by atoms with Crippen LogP contribution in [0, 0.1) is 0 Å². The minimum Gasteiger partial charge on any atom is -0.493 e. The molecule has 0 aliphatic heterocycles. The molecule has 0 heterocycles. The Kier molecular flexibility index (Phi) is 5.63. The van der Waals surface area contributed by atoms with Crippen LogP contribution in [0.5, 0.6) is 5.75 Å². The Hall–Kier alpha value is -0.580. The van der Waals surface area contributed by atoms with E-state index in [2.05, 4.69) is 15.9 Å². The average Bonchev–Trinajstić information content (AvgIpc) is 2.28. The van der Waals surface area contributed by atoms with Gasteiger partial charge in [-0.1, -0.05) is 22.0 Å². The van der Waals surface area contributed by atoms with Crippen LogP contribution >= 0.6 is 15.9 Å². The predicted octanol–water partition coefficient (Wildman–Crippen LogP) is 3.66. The minimum absolute atomic E-state index is 0.0384. The van der Waals surface area contributed by atoms with Gasteiger partial charge in [0.1, 0.15) is 5.75 Å². The summed E-state index contributed by atoms with van der Waals surface area (Å²) in [5.74, 6) is 0.839. The highest BCUT2D eigenvalue weighted by atomic mass is 79.9. The summed E-state index contributed by atoms with van der Waals surface area (Å²) >= 11 is 3.44. The van der Waals surface area contributed by atoms with E-state index in [0.717, 1.165) is 22.2 Å². The Balaban J connectivity index is 2.69. The van der Waals surface area contributed by atoms with E-state index in [4.69, 9.17) is 15.2 Å². The van der Waals surface area contributed by atoms with Crippen LogP contribution in [-0.4, -0.2) is 19.3 Å². The van der Waals surface area contributed by atoms with Gasteiger partial charge in [0.25, 0.3) is 0 Å². The van der Waals surface area contributed by atoms with Gasteiger partial charge in [-0.25, -0.2) is 0 Å². The van der Waals surface area contributed by atoms with Crippen molar-refractivity contribution in [3.63, 3.8) is 0 Å². The molecule has 0 aliphatic carbocycles. The van der Waals surface area contributed by atoms with Crippen LogP contribution in [0.3, 0.4) is 0 Å². The van der Waals surface area contributed by atoms with E-state index in [1.54, 1.807) is 7.11 Å². The van der Waals surface area contributed by atoms with Crippen molar-refractivity contribution in [2.75, 3.05) is 13.7 Å². The third kappa shape index (κ3) is 4.59. The molecule has 4 heteroatoms. The number of ether oxygens (including phenoxy) is 2. The zero-order chi connectivity index (χ0) is 13.8. The summed E-state index contributed by atoms with van der Waals surface area (Å²) in [5, 5.41) is 0. The fourth-order valence-electron chi connectivity index (χ4n) is 1.52. The molecule has 0 fully saturated rings. The number of nitrogens with two attached hydrogens (primary N) is 1. The number of hydrogen-bond donors (Lipinski definition) is 1. The summed E-state index contributed by atoms with van der Waals surface area (Å²) in [7, 11) is 1.71. The summed E-state index contributed by atoms with van der Waals surface area (Å²) in [5.41, 5.74) is 6.78. The first kappa shape index (κ1) is 15.5. The Morgan fingerprint density at radius 2 is 2.06 bits per heavy atom. The fraction of sp³-hybridized carbons (Fsp3) is 0.571. The first-order chi connectivity index (χ1) is 8.35. The highest BCUT2D eigenvalue weighted by Gasteiger charge is 2.17. The molecule has 0 amide bonds. The second kappa shape index (κ2) is 6.55.